The molecule has 0 spiro atoms. The van der Waals surface area contributed by atoms with E-state index in [1.807, 2.05) is 13.8 Å². The molecule has 1 heterocycles. The quantitative estimate of drug-likeness (QED) is 0.278. The topological polar surface area (TPSA) is 28.7 Å². The first kappa shape index (κ1) is 29.0. The van der Waals surface area contributed by atoms with Gasteiger partial charge >= 0.3 is 6.18 Å². The van der Waals surface area contributed by atoms with Crippen LogP contribution in [0, 0.1) is 32.4 Å². The number of aryl methyl sites for hydroxylation is 3. The lowest BCUT2D eigenvalue weighted by atomic mass is 9.84. The van der Waals surface area contributed by atoms with Crippen molar-refractivity contribution in [3.63, 3.8) is 0 Å². The summed E-state index contributed by atoms with van der Waals surface area (Å²) in [4.78, 5) is 0. The number of H-pyrrole nitrogens is 1. The van der Waals surface area contributed by atoms with Crippen molar-refractivity contribution in [2.24, 2.45) is 0 Å². The van der Waals surface area contributed by atoms with Crippen LogP contribution in [0.1, 0.15) is 73.4 Å². The second kappa shape index (κ2) is 12.2. The summed E-state index contributed by atoms with van der Waals surface area (Å²) < 4.78 is 69.8. The number of hydrogen-bond donors (Lipinski definition) is 1. The van der Waals surface area contributed by atoms with Crippen molar-refractivity contribution in [3.8, 4) is 11.3 Å². The summed E-state index contributed by atoms with van der Waals surface area (Å²) in [5.41, 5.74) is 1.58. The van der Waals surface area contributed by atoms with Crippen LogP contribution >= 0.6 is 0 Å². The molecule has 3 aromatic rings. The zero-order chi connectivity index (χ0) is 27.2. The highest BCUT2D eigenvalue weighted by Crippen LogP contribution is 2.43. The van der Waals surface area contributed by atoms with Gasteiger partial charge < -0.3 is 0 Å². The molecule has 2 nitrogen and oxygen atoms in total. The number of hydrogen-bond acceptors (Lipinski definition) is 1. The smallest absolute Gasteiger partial charge is 0.278 e. The summed E-state index contributed by atoms with van der Waals surface area (Å²) in [5, 5.41) is 6.65. The number of aromatic amines is 1. The lowest BCUT2D eigenvalue weighted by Gasteiger charge is -2.21. The van der Waals surface area contributed by atoms with Crippen molar-refractivity contribution >= 4 is 11.1 Å². The highest BCUT2D eigenvalue weighted by Gasteiger charge is 2.33. The Balaban J connectivity index is 0.000000829. The van der Waals surface area contributed by atoms with Gasteiger partial charge in [-0.3, -0.25) is 5.10 Å². The molecule has 194 valence electrons. The molecule has 1 fully saturated rings. The highest BCUT2D eigenvalue weighted by molar-refractivity contribution is 6.07. The number of aromatic nitrogens is 2. The number of alkyl halides is 3. The van der Waals surface area contributed by atoms with E-state index >= 15 is 0 Å². The number of halogens is 5. The first-order chi connectivity index (χ1) is 17.0. The largest absolute Gasteiger partial charge is 0.416 e. The van der Waals surface area contributed by atoms with Gasteiger partial charge in [0.2, 0.25) is 0 Å². The molecule has 36 heavy (non-hydrogen) atoms. The number of nitrogens with one attached hydrogen (secondary N) is 1. The lowest BCUT2D eigenvalue weighted by molar-refractivity contribution is -0.137. The van der Waals surface area contributed by atoms with Gasteiger partial charge in [0, 0.05) is 5.56 Å². The Morgan fingerprint density at radius 1 is 0.917 bits per heavy atom. The molecule has 0 atom stereocenters. The van der Waals surface area contributed by atoms with Crippen LogP contribution in [0.3, 0.4) is 0 Å². The van der Waals surface area contributed by atoms with Crippen LogP contribution in [0.4, 0.5) is 22.0 Å². The Morgan fingerprint density at radius 3 is 1.89 bits per heavy atom. The Morgan fingerprint density at radius 2 is 1.47 bits per heavy atom. The number of allylic oxidation sites excluding steroid dienone is 3. The molecule has 0 radical (unpaired) electrons. The van der Waals surface area contributed by atoms with Crippen LogP contribution in [0.5, 0.6) is 0 Å². The van der Waals surface area contributed by atoms with Gasteiger partial charge in [-0.1, -0.05) is 45.8 Å². The van der Waals surface area contributed by atoms with Gasteiger partial charge in [0.05, 0.1) is 23.0 Å². The average molecular weight is 505 g/mol. The van der Waals surface area contributed by atoms with Gasteiger partial charge in [-0.15, -0.1) is 0 Å². The monoisotopic (exact) mass is 504 g/mol. The highest BCUT2D eigenvalue weighted by atomic mass is 19.4. The molecule has 1 aliphatic rings. The number of nitrogens with zero attached hydrogens (tertiary/aromatic N) is 1. The maximum atomic E-state index is 14.6. The molecule has 0 bridgehead atoms. The molecule has 0 saturated heterocycles. The van der Waals surface area contributed by atoms with Crippen LogP contribution in [-0.4, -0.2) is 10.2 Å². The molecule has 1 aromatic heterocycles. The van der Waals surface area contributed by atoms with Gasteiger partial charge in [-0.2, -0.15) is 18.3 Å². The third kappa shape index (κ3) is 6.71. The zero-order valence-electron chi connectivity index (χ0n) is 21.6. The normalized spacial score (nSPS) is 12.8. The van der Waals surface area contributed by atoms with Gasteiger partial charge in [-0.25, -0.2) is 8.78 Å². The minimum atomic E-state index is -4.56. The SMILES string of the molecule is C1CC1.C=C(/C(=C/C)c1c(C)cc(C(F)(F)F)cc1-c1[nH]ncc1C)c1c(F)cc(C)cc1F.CC. The van der Waals surface area contributed by atoms with E-state index in [0.717, 1.165) is 12.1 Å². The Labute approximate surface area is 210 Å². The molecule has 1 aliphatic carbocycles. The summed E-state index contributed by atoms with van der Waals surface area (Å²) in [6, 6.07) is 4.41. The van der Waals surface area contributed by atoms with Crippen molar-refractivity contribution < 1.29 is 22.0 Å². The number of benzene rings is 2. The van der Waals surface area contributed by atoms with Crippen LogP contribution in [0.15, 0.2) is 43.1 Å². The Bertz CT molecular complexity index is 1220. The zero-order valence-corrected chi connectivity index (χ0v) is 21.6. The minimum absolute atomic E-state index is 0.0405. The Kier molecular flexibility index (Phi) is 9.79. The molecule has 0 amide bonds. The van der Waals surface area contributed by atoms with Crippen molar-refractivity contribution in [1.82, 2.24) is 10.2 Å². The molecule has 0 aliphatic heterocycles. The Hall–Kier alpha value is -3.22. The van der Waals surface area contributed by atoms with Gasteiger partial charge in [0.25, 0.3) is 0 Å². The fourth-order valence-corrected chi connectivity index (χ4v) is 3.72. The van der Waals surface area contributed by atoms with E-state index in [2.05, 4.69) is 16.8 Å². The molecular weight excluding hydrogens is 471 g/mol. The van der Waals surface area contributed by atoms with Gasteiger partial charge in [-0.05, 0) is 85.4 Å². The van der Waals surface area contributed by atoms with Crippen LogP contribution < -0.4 is 0 Å². The average Bonchev–Trinajstić information content (AvgIpc) is 3.62. The summed E-state index contributed by atoms with van der Waals surface area (Å²) in [5.74, 6) is -1.57. The fraction of sp³-hybridized carbons (Fsp3) is 0.345. The maximum absolute atomic E-state index is 14.6. The molecule has 7 heteroatoms. The molecule has 1 saturated carbocycles. The van der Waals surface area contributed by atoms with E-state index in [9.17, 15) is 22.0 Å². The van der Waals surface area contributed by atoms with Crippen molar-refractivity contribution in [1.29, 1.82) is 0 Å². The predicted octanol–water partition coefficient (Wildman–Crippen LogP) is 9.61. The molecule has 1 N–H and O–H groups in total. The van der Waals surface area contributed by atoms with Crippen molar-refractivity contribution in [3.05, 3.63) is 88.1 Å². The third-order valence-electron chi connectivity index (χ3n) is 5.49. The van der Waals surface area contributed by atoms with E-state index in [4.69, 9.17) is 0 Å². The van der Waals surface area contributed by atoms with Crippen LogP contribution in [-0.2, 0) is 6.18 Å². The van der Waals surface area contributed by atoms with E-state index in [-0.39, 0.29) is 16.7 Å². The maximum Gasteiger partial charge on any atom is 0.416 e. The second-order valence-corrected chi connectivity index (χ2v) is 8.49. The molecule has 0 unspecified atom stereocenters. The van der Waals surface area contributed by atoms with Gasteiger partial charge in [0.15, 0.2) is 0 Å². The first-order valence-electron chi connectivity index (χ1n) is 12.0. The summed E-state index contributed by atoms with van der Waals surface area (Å²) in [6.07, 6.45) is 3.03. The minimum Gasteiger partial charge on any atom is -0.278 e. The number of rotatable bonds is 4. The fourth-order valence-electron chi connectivity index (χ4n) is 3.72. The van der Waals surface area contributed by atoms with E-state index < -0.39 is 23.4 Å². The molecule has 4 rings (SSSR count). The van der Waals surface area contributed by atoms with E-state index in [1.54, 1.807) is 26.8 Å². The van der Waals surface area contributed by atoms with Crippen molar-refractivity contribution in [2.45, 2.75) is 67.0 Å². The predicted molar refractivity (Wildman–Crippen MR) is 137 cm³/mol. The summed E-state index contributed by atoms with van der Waals surface area (Å²) >= 11 is 0. The molecule has 2 aromatic carbocycles. The standard InChI is InChI=1S/C24H21F5N2.C3H6.C2H6/c1-6-17(15(5)22-19(25)7-12(2)8-20(22)26)21-13(3)9-16(24(27,28)29)10-18(21)23-14(4)11-30-31-23;1-2-3-1;1-2/h6-11H,5H2,1-4H3,(H,30,31);1-3H2;1-2H3/b17-6-;;. The van der Waals surface area contributed by atoms with E-state index in [1.165, 1.54) is 44.5 Å². The molecular formula is C29H33F5N2. The summed E-state index contributed by atoms with van der Waals surface area (Å²) in [7, 11) is 0. The van der Waals surface area contributed by atoms with E-state index in [0.29, 0.717) is 33.5 Å². The summed E-state index contributed by atoms with van der Waals surface area (Å²) in [6.45, 7) is 14.3. The first-order valence-corrected chi connectivity index (χ1v) is 12.0. The van der Waals surface area contributed by atoms with Crippen LogP contribution in [0.2, 0.25) is 0 Å². The van der Waals surface area contributed by atoms with Crippen LogP contribution in [0.25, 0.3) is 22.4 Å². The lowest BCUT2D eigenvalue weighted by Crippen LogP contribution is -2.08. The van der Waals surface area contributed by atoms with Crippen molar-refractivity contribution in [2.75, 3.05) is 0 Å². The van der Waals surface area contributed by atoms with Gasteiger partial charge in [0.1, 0.15) is 11.6 Å². The third-order valence-corrected chi connectivity index (χ3v) is 5.49. The second-order valence-electron chi connectivity index (χ2n) is 8.49.